The molecule has 0 saturated carbocycles. The number of amides is 4. The number of aromatic amines is 2. The van der Waals surface area contributed by atoms with E-state index in [1.807, 2.05) is 24.3 Å². The maximum Gasteiger partial charge on any atom is 0.346 e. The smallest absolute Gasteiger partial charge is 0.346 e. The first kappa shape index (κ1) is 45.1. The number of nitrogens with zero attached hydrogens (tertiary/aromatic N) is 2. The van der Waals surface area contributed by atoms with Crippen LogP contribution in [0, 0.1) is 0 Å². The average Bonchev–Trinajstić information content (AvgIpc) is 3.92. The third-order valence-corrected chi connectivity index (χ3v) is 12.3. The van der Waals surface area contributed by atoms with Gasteiger partial charge in [0.1, 0.15) is 11.5 Å². The van der Waals surface area contributed by atoms with Crippen molar-refractivity contribution in [2.24, 2.45) is 0 Å². The fraction of sp³-hybridized carbons (Fsp3) is 0.0435. The molecule has 0 spiro atoms. The predicted molar refractivity (Wildman–Crippen MR) is 264 cm³/mol. The number of H-pyrrole nitrogens is 2. The van der Waals surface area contributed by atoms with Crippen molar-refractivity contribution in [2.45, 2.75) is 0 Å². The molecule has 0 bridgehead atoms. The van der Waals surface area contributed by atoms with E-state index in [-0.39, 0.29) is 22.5 Å². The van der Waals surface area contributed by atoms with Crippen molar-refractivity contribution >= 4 is 141 Å². The molecular formula is C46H32Cl4N6O7S2. The van der Waals surface area contributed by atoms with E-state index in [9.17, 15) is 19.2 Å². The number of urea groups is 2. The first-order valence-corrected chi connectivity index (χ1v) is 21.4. The summed E-state index contributed by atoms with van der Waals surface area (Å²) in [6.45, 7) is 0. The molecule has 0 saturated heterocycles. The maximum atomic E-state index is 13.5. The zero-order valence-corrected chi connectivity index (χ0v) is 38.5. The van der Waals surface area contributed by atoms with Crippen molar-refractivity contribution in [3.63, 3.8) is 0 Å². The summed E-state index contributed by atoms with van der Waals surface area (Å²) < 4.78 is 18.2. The number of thiol groups is 2. The van der Waals surface area contributed by atoms with Gasteiger partial charge in [-0.1, -0.05) is 84.2 Å². The Morgan fingerprint density at radius 2 is 0.923 bits per heavy atom. The number of anilines is 4. The number of hydrogen-bond acceptors (Lipinski definition) is 9. The number of carbonyl (C=O) groups excluding carboxylic acids is 4. The van der Waals surface area contributed by atoms with Gasteiger partial charge in [0.25, 0.3) is 0 Å². The number of hydrogen-bond donors (Lipinski definition) is 6. The van der Waals surface area contributed by atoms with E-state index < -0.39 is 24.0 Å². The van der Waals surface area contributed by atoms with Crippen LogP contribution in [0.5, 0.6) is 11.5 Å². The Morgan fingerprint density at radius 1 is 0.523 bits per heavy atom. The fourth-order valence-electron chi connectivity index (χ4n) is 6.81. The number of carbonyl (C=O) groups is 4. The van der Waals surface area contributed by atoms with Gasteiger partial charge in [-0.3, -0.25) is 0 Å². The number of halogens is 4. The van der Waals surface area contributed by atoms with Crippen LogP contribution >= 0.6 is 72.0 Å². The van der Waals surface area contributed by atoms with E-state index in [1.54, 1.807) is 48.5 Å². The molecule has 0 aliphatic heterocycles. The van der Waals surface area contributed by atoms with E-state index >= 15 is 0 Å². The van der Waals surface area contributed by atoms with Crippen LogP contribution in [-0.4, -0.2) is 48.2 Å². The molecule has 0 aliphatic rings. The third kappa shape index (κ3) is 9.66. The summed E-state index contributed by atoms with van der Waals surface area (Å²) in [5, 5.41) is 8.92. The van der Waals surface area contributed by atoms with E-state index in [4.69, 9.17) is 60.6 Å². The average molecular weight is 987 g/mol. The van der Waals surface area contributed by atoms with Gasteiger partial charge in [-0.2, -0.15) is 0 Å². The normalized spacial score (nSPS) is 11.0. The number of rotatable bonds is 10. The topological polar surface area (TPSA) is 158 Å². The molecule has 0 aliphatic carbocycles. The van der Waals surface area contributed by atoms with Crippen molar-refractivity contribution in [3.05, 3.63) is 153 Å². The van der Waals surface area contributed by atoms with Gasteiger partial charge in [-0.25, -0.2) is 27.8 Å². The number of nitrogens with one attached hydrogen (secondary N) is 4. The number of benzene rings is 6. The zero-order chi connectivity index (χ0) is 46.1. The first-order valence-electron chi connectivity index (χ1n) is 19.1. The second-order valence-electron chi connectivity index (χ2n) is 14.2. The van der Waals surface area contributed by atoms with Crippen molar-refractivity contribution in [3.8, 4) is 34.0 Å². The Morgan fingerprint density at radius 3 is 1.32 bits per heavy atom. The molecule has 6 aromatic carbocycles. The predicted octanol–water partition coefficient (Wildman–Crippen LogP) is 13.4. The minimum atomic E-state index is -1.01. The first-order chi connectivity index (χ1) is 31.2. The van der Waals surface area contributed by atoms with Gasteiger partial charge in [0.2, 0.25) is 0 Å². The van der Waals surface area contributed by atoms with Crippen LogP contribution in [0.1, 0.15) is 20.7 Å². The molecule has 0 unspecified atom stereocenters. The lowest BCUT2D eigenvalue weighted by atomic mass is 10.1. The van der Waals surface area contributed by atoms with Gasteiger partial charge in [-0.05, 0) is 109 Å². The van der Waals surface area contributed by atoms with Crippen LogP contribution in [0.4, 0.5) is 32.3 Å². The highest BCUT2D eigenvalue weighted by atomic mass is 35.5. The lowest BCUT2D eigenvalue weighted by Gasteiger charge is -2.19. The van der Waals surface area contributed by atoms with E-state index in [0.717, 1.165) is 52.9 Å². The Labute approximate surface area is 401 Å². The molecule has 2 aromatic heterocycles. The van der Waals surface area contributed by atoms with Crippen LogP contribution < -0.4 is 28.7 Å². The van der Waals surface area contributed by atoms with Crippen LogP contribution in [0.25, 0.3) is 44.3 Å². The van der Waals surface area contributed by atoms with Gasteiger partial charge in [0.15, 0.2) is 0 Å². The maximum absolute atomic E-state index is 13.5. The summed E-state index contributed by atoms with van der Waals surface area (Å²) in [5.74, 6) is -1.27. The molecule has 65 heavy (non-hydrogen) atoms. The SMILES string of the molecule is COc1ccc(-c2cc3cc(Cl)c(Cl)cc3[nH]2)cc1NC(=O)N(S)c1cccc(C(=O)OC(=O)c2cccc(N(S)C(=O)Nc3cc(-c4cc5cc(Cl)c(Cl)cc5[nH]4)ccc3OC)c2)c1. The van der Waals surface area contributed by atoms with Crippen molar-refractivity contribution < 1.29 is 33.4 Å². The number of fused-ring (bicyclic) bond motifs is 2. The molecule has 0 radical (unpaired) electrons. The van der Waals surface area contributed by atoms with Crippen LogP contribution in [0.3, 0.4) is 0 Å². The minimum Gasteiger partial charge on any atom is -0.495 e. The lowest BCUT2D eigenvalue weighted by molar-refractivity contribution is 0.0397. The Balaban J connectivity index is 0.923. The number of methoxy groups -OCH3 is 2. The summed E-state index contributed by atoms with van der Waals surface area (Å²) in [5.41, 5.74) is 5.40. The molecule has 0 fully saturated rings. The Kier molecular flexibility index (Phi) is 13.1. The molecular weight excluding hydrogens is 954 g/mol. The summed E-state index contributed by atoms with van der Waals surface area (Å²) >= 11 is 33.6. The van der Waals surface area contributed by atoms with Crippen LogP contribution in [0.15, 0.2) is 121 Å². The molecule has 4 N–H and O–H groups in total. The number of aromatic nitrogens is 2. The third-order valence-electron chi connectivity index (χ3n) is 10.1. The zero-order valence-electron chi connectivity index (χ0n) is 33.7. The quantitative estimate of drug-likeness (QED) is 0.0452. The minimum absolute atomic E-state index is 0.0520. The number of esters is 2. The number of ether oxygens (including phenoxy) is 3. The van der Waals surface area contributed by atoms with Gasteiger partial charge >= 0.3 is 24.0 Å². The Hall–Kier alpha value is -6.46. The molecule has 2 heterocycles. The van der Waals surface area contributed by atoms with Gasteiger partial charge in [0.05, 0.1) is 68.2 Å². The van der Waals surface area contributed by atoms with E-state index in [1.165, 1.54) is 62.8 Å². The van der Waals surface area contributed by atoms with Crippen molar-refractivity contribution in [2.75, 3.05) is 33.5 Å². The molecule has 8 aromatic rings. The van der Waals surface area contributed by atoms with Crippen LogP contribution in [0.2, 0.25) is 20.1 Å². The summed E-state index contributed by atoms with van der Waals surface area (Å²) in [4.78, 5) is 60.2. The van der Waals surface area contributed by atoms with Crippen molar-refractivity contribution in [1.82, 2.24) is 9.97 Å². The summed E-state index contributed by atoms with van der Waals surface area (Å²) in [6.07, 6.45) is 0. The van der Waals surface area contributed by atoms with E-state index in [0.29, 0.717) is 43.0 Å². The highest BCUT2D eigenvalue weighted by Gasteiger charge is 2.22. The molecule has 8 rings (SSSR count). The monoisotopic (exact) mass is 984 g/mol. The van der Waals surface area contributed by atoms with Gasteiger partial charge in [-0.15, -0.1) is 0 Å². The van der Waals surface area contributed by atoms with Gasteiger partial charge < -0.3 is 34.8 Å². The van der Waals surface area contributed by atoms with Gasteiger partial charge in [0, 0.05) is 44.3 Å². The molecule has 0 atom stereocenters. The van der Waals surface area contributed by atoms with Crippen LogP contribution in [-0.2, 0) is 4.74 Å². The molecule has 328 valence electrons. The second-order valence-corrected chi connectivity index (χ2v) is 16.6. The molecule has 4 amide bonds. The largest absolute Gasteiger partial charge is 0.495 e. The second kappa shape index (κ2) is 18.9. The Bertz CT molecular complexity index is 2930. The standard InChI is InChI=1S/C46H32Cl4N6O7S2/c1-61-41-11-9-23(35-19-27-15-31(47)33(49)21-37(27)51-35)17-39(41)53-45(59)55(64)29-7-3-5-25(13-29)43(57)63-44(58)26-6-4-8-30(14-26)56(65)46(60)54-40-18-24(10-12-42(40)62-2)36-20-28-16-32(48)34(50)22-38(28)52-36/h3-22,51-52,64-65H,1-2H3,(H,53,59)(H,54,60). The highest BCUT2D eigenvalue weighted by molar-refractivity contribution is 7.83. The lowest BCUT2D eigenvalue weighted by Crippen LogP contribution is -2.27. The van der Waals surface area contributed by atoms with E-state index in [2.05, 4.69) is 46.2 Å². The highest BCUT2D eigenvalue weighted by Crippen LogP contribution is 2.37. The summed E-state index contributed by atoms with van der Waals surface area (Å²) in [6, 6.07) is 31.4. The van der Waals surface area contributed by atoms with Crippen molar-refractivity contribution in [1.29, 1.82) is 0 Å². The summed E-state index contributed by atoms with van der Waals surface area (Å²) in [7, 11) is 2.93. The fourth-order valence-corrected chi connectivity index (χ4v) is 7.83. The molecule has 13 nitrogen and oxygen atoms in total. The molecule has 19 heteroatoms.